The number of pyridine rings is 4. The Labute approximate surface area is 218 Å². The zero-order chi connectivity index (χ0) is 25.3. The van der Waals surface area contributed by atoms with Gasteiger partial charge in [-0.15, -0.1) is 0 Å². The Morgan fingerprint density at radius 3 is 2.66 bits per heavy atom. The van der Waals surface area contributed by atoms with E-state index in [0.717, 1.165) is 64.2 Å². The molecule has 38 heavy (non-hydrogen) atoms. The van der Waals surface area contributed by atoms with E-state index in [1.165, 1.54) is 12.8 Å². The van der Waals surface area contributed by atoms with Crippen molar-refractivity contribution in [2.75, 3.05) is 26.2 Å². The fourth-order valence-corrected chi connectivity index (χ4v) is 4.96. The molecule has 0 saturated carbocycles. The standard InChI is InChI=1S/C28H25N9O/c1-2-9-37(8-1)10-11-38-21-12-19(15-30-17-21)20-13-22-25(35-36-27(22)32-16-20)28-33-23-5-7-31-24(26(23)34-28)18-4-3-6-29-14-18/h3-7,12-17H,1-2,8-11H2,(H,33,34)(H,32,35,36). The molecule has 0 unspecified atom stereocenters. The second-order valence-electron chi connectivity index (χ2n) is 9.38. The molecule has 1 aliphatic heterocycles. The van der Waals surface area contributed by atoms with Crippen LogP contribution in [0.3, 0.4) is 0 Å². The van der Waals surface area contributed by atoms with E-state index in [1.807, 2.05) is 36.7 Å². The SMILES string of the molecule is c1cncc(-c2nccc3[nH]c(-c4n[nH]c5ncc(-c6cncc(OCCN7CCCC7)c6)cc45)nc23)c1. The minimum atomic E-state index is 0.639. The van der Waals surface area contributed by atoms with Gasteiger partial charge in [0.1, 0.15) is 23.6 Å². The first-order chi connectivity index (χ1) is 18.8. The number of aromatic amines is 2. The molecule has 0 bridgehead atoms. The van der Waals surface area contributed by atoms with E-state index < -0.39 is 0 Å². The van der Waals surface area contributed by atoms with Crippen LogP contribution in [0.1, 0.15) is 12.8 Å². The van der Waals surface area contributed by atoms with Crippen molar-refractivity contribution in [2.45, 2.75) is 12.8 Å². The molecule has 7 heterocycles. The van der Waals surface area contributed by atoms with Gasteiger partial charge in [-0.25, -0.2) is 9.97 Å². The summed E-state index contributed by atoms with van der Waals surface area (Å²) in [6.45, 7) is 3.90. The molecule has 10 nitrogen and oxygen atoms in total. The van der Waals surface area contributed by atoms with Crippen LogP contribution in [0, 0.1) is 0 Å². The summed E-state index contributed by atoms with van der Waals surface area (Å²) < 4.78 is 6.01. The van der Waals surface area contributed by atoms with E-state index >= 15 is 0 Å². The van der Waals surface area contributed by atoms with E-state index in [-0.39, 0.29) is 0 Å². The number of hydrogen-bond acceptors (Lipinski definition) is 8. The van der Waals surface area contributed by atoms with Gasteiger partial charge in [-0.2, -0.15) is 5.10 Å². The molecule has 0 atom stereocenters. The number of H-pyrrole nitrogens is 2. The highest BCUT2D eigenvalue weighted by Gasteiger charge is 2.17. The second kappa shape index (κ2) is 9.64. The molecule has 10 heteroatoms. The molecular formula is C28H25N9O. The summed E-state index contributed by atoms with van der Waals surface area (Å²) in [6.07, 6.45) is 13.2. The number of ether oxygens (including phenoxy) is 1. The average molecular weight is 504 g/mol. The van der Waals surface area contributed by atoms with Crippen LogP contribution >= 0.6 is 0 Å². The maximum absolute atomic E-state index is 6.01. The van der Waals surface area contributed by atoms with Gasteiger partial charge in [0.25, 0.3) is 0 Å². The molecule has 0 radical (unpaired) electrons. The topological polar surface area (TPSA) is 121 Å². The van der Waals surface area contributed by atoms with Gasteiger partial charge in [0, 0.05) is 54.2 Å². The summed E-state index contributed by atoms with van der Waals surface area (Å²) in [5.74, 6) is 1.39. The number of nitrogens with zero attached hydrogens (tertiary/aromatic N) is 7. The lowest BCUT2D eigenvalue weighted by molar-refractivity contribution is 0.237. The molecule has 1 fully saturated rings. The molecular weight excluding hydrogens is 478 g/mol. The van der Waals surface area contributed by atoms with Gasteiger partial charge in [0.2, 0.25) is 0 Å². The highest BCUT2D eigenvalue weighted by molar-refractivity contribution is 5.96. The molecule has 0 amide bonds. The van der Waals surface area contributed by atoms with Crippen LogP contribution in [0.2, 0.25) is 0 Å². The Hall–Kier alpha value is -4.70. The number of likely N-dealkylation sites (tertiary alicyclic amines) is 1. The van der Waals surface area contributed by atoms with Crippen molar-refractivity contribution in [1.82, 2.24) is 45.0 Å². The molecule has 188 valence electrons. The van der Waals surface area contributed by atoms with Crippen LogP contribution in [-0.4, -0.2) is 71.2 Å². The van der Waals surface area contributed by atoms with E-state index in [4.69, 9.17) is 9.72 Å². The molecule has 1 aliphatic rings. The van der Waals surface area contributed by atoms with Crippen LogP contribution in [0.25, 0.3) is 56.0 Å². The third-order valence-electron chi connectivity index (χ3n) is 6.90. The molecule has 1 saturated heterocycles. The van der Waals surface area contributed by atoms with Gasteiger partial charge in [-0.1, -0.05) is 0 Å². The van der Waals surface area contributed by atoms with Crippen molar-refractivity contribution in [1.29, 1.82) is 0 Å². The zero-order valence-electron chi connectivity index (χ0n) is 20.6. The van der Waals surface area contributed by atoms with Crippen LogP contribution < -0.4 is 4.74 Å². The van der Waals surface area contributed by atoms with Crippen LogP contribution in [0.5, 0.6) is 5.75 Å². The summed E-state index contributed by atoms with van der Waals surface area (Å²) in [4.78, 5) is 28.5. The lowest BCUT2D eigenvalue weighted by Crippen LogP contribution is -2.25. The third-order valence-corrected chi connectivity index (χ3v) is 6.90. The highest BCUT2D eigenvalue weighted by atomic mass is 16.5. The predicted molar refractivity (Wildman–Crippen MR) is 144 cm³/mol. The third kappa shape index (κ3) is 4.24. The van der Waals surface area contributed by atoms with Crippen molar-refractivity contribution in [3.63, 3.8) is 0 Å². The normalized spacial score (nSPS) is 14.0. The summed E-state index contributed by atoms with van der Waals surface area (Å²) in [5, 5.41) is 8.42. The van der Waals surface area contributed by atoms with Gasteiger partial charge in [-0.3, -0.25) is 25.0 Å². The fraction of sp³-hybridized carbons (Fsp3) is 0.214. The van der Waals surface area contributed by atoms with Crippen molar-refractivity contribution in [3.05, 3.63) is 67.5 Å². The Morgan fingerprint density at radius 1 is 0.868 bits per heavy atom. The Bertz CT molecular complexity index is 1720. The maximum atomic E-state index is 6.01. The summed E-state index contributed by atoms with van der Waals surface area (Å²) >= 11 is 0. The number of fused-ring (bicyclic) bond motifs is 2. The van der Waals surface area contributed by atoms with Gasteiger partial charge >= 0.3 is 0 Å². The van der Waals surface area contributed by atoms with Crippen molar-refractivity contribution in [3.8, 4) is 39.7 Å². The van der Waals surface area contributed by atoms with Gasteiger partial charge < -0.3 is 9.72 Å². The first-order valence-corrected chi connectivity index (χ1v) is 12.7. The number of hydrogen-bond donors (Lipinski definition) is 2. The lowest BCUT2D eigenvalue weighted by Gasteiger charge is -2.15. The highest BCUT2D eigenvalue weighted by Crippen LogP contribution is 2.32. The minimum Gasteiger partial charge on any atom is -0.491 e. The van der Waals surface area contributed by atoms with Crippen molar-refractivity contribution >= 4 is 22.1 Å². The molecule has 7 rings (SSSR count). The van der Waals surface area contributed by atoms with Crippen molar-refractivity contribution in [2.24, 2.45) is 0 Å². The first kappa shape index (κ1) is 22.5. The minimum absolute atomic E-state index is 0.639. The van der Waals surface area contributed by atoms with Gasteiger partial charge in [-0.05, 0) is 56.3 Å². The first-order valence-electron chi connectivity index (χ1n) is 12.7. The molecule has 2 N–H and O–H groups in total. The number of aromatic nitrogens is 8. The summed E-state index contributed by atoms with van der Waals surface area (Å²) in [5.41, 5.74) is 6.53. The molecule has 0 aliphatic carbocycles. The predicted octanol–water partition coefficient (Wildman–Crippen LogP) is 4.49. The summed E-state index contributed by atoms with van der Waals surface area (Å²) in [7, 11) is 0. The fourth-order valence-electron chi connectivity index (χ4n) is 4.96. The Balaban J connectivity index is 1.20. The average Bonchev–Trinajstić information content (AvgIpc) is 3.73. The second-order valence-corrected chi connectivity index (χ2v) is 9.38. The smallest absolute Gasteiger partial charge is 0.159 e. The maximum Gasteiger partial charge on any atom is 0.159 e. The number of imidazole rings is 1. The van der Waals surface area contributed by atoms with Crippen LogP contribution in [0.15, 0.2) is 67.5 Å². The van der Waals surface area contributed by atoms with E-state index in [9.17, 15) is 0 Å². The molecule has 0 spiro atoms. The quantitative estimate of drug-likeness (QED) is 0.327. The van der Waals surface area contributed by atoms with E-state index in [1.54, 1.807) is 24.8 Å². The number of nitrogens with one attached hydrogen (secondary N) is 2. The van der Waals surface area contributed by atoms with Crippen molar-refractivity contribution < 1.29 is 4.74 Å². The molecule has 6 aromatic rings. The van der Waals surface area contributed by atoms with E-state index in [2.05, 4.69) is 46.1 Å². The van der Waals surface area contributed by atoms with Gasteiger partial charge in [0.15, 0.2) is 11.5 Å². The van der Waals surface area contributed by atoms with E-state index in [0.29, 0.717) is 23.8 Å². The van der Waals surface area contributed by atoms with Crippen LogP contribution in [-0.2, 0) is 0 Å². The Kier molecular flexibility index (Phi) is 5.71. The molecule has 0 aromatic carbocycles. The van der Waals surface area contributed by atoms with Crippen LogP contribution in [0.4, 0.5) is 0 Å². The largest absolute Gasteiger partial charge is 0.491 e. The Morgan fingerprint density at radius 2 is 1.76 bits per heavy atom. The molecule has 6 aromatic heterocycles. The monoisotopic (exact) mass is 503 g/mol. The van der Waals surface area contributed by atoms with Gasteiger partial charge in [0.05, 0.1) is 22.8 Å². The zero-order valence-corrected chi connectivity index (χ0v) is 20.6. The number of rotatable bonds is 7. The lowest BCUT2D eigenvalue weighted by atomic mass is 10.1. The summed E-state index contributed by atoms with van der Waals surface area (Å²) in [6, 6.07) is 9.83.